The summed E-state index contributed by atoms with van der Waals surface area (Å²) < 4.78 is 5.28. The summed E-state index contributed by atoms with van der Waals surface area (Å²) in [7, 11) is 5.79. The van der Waals surface area contributed by atoms with Gasteiger partial charge < -0.3 is 15.4 Å². The highest BCUT2D eigenvalue weighted by Gasteiger charge is 2.36. The van der Waals surface area contributed by atoms with Gasteiger partial charge in [-0.15, -0.1) is 0 Å². The number of benzene rings is 1. The second-order valence-corrected chi connectivity index (χ2v) is 4.79. The molecule has 0 bridgehead atoms. The first kappa shape index (κ1) is 11.3. The lowest BCUT2D eigenvalue weighted by molar-refractivity contribution is 0.253. The van der Waals surface area contributed by atoms with Gasteiger partial charge in [0.1, 0.15) is 5.75 Å². The number of rotatable bonds is 3. The molecule has 3 heteroatoms. The number of anilines is 1. The third-order valence-corrected chi connectivity index (χ3v) is 3.47. The van der Waals surface area contributed by atoms with Crippen molar-refractivity contribution in [2.75, 3.05) is 26.1 Å². The van der Waals surface area contributed by atoms with E-state index in [1.165, 1.54) is 17.7 Å². The van der Waals surface area contributed by atoms with Crippen LogP contribution < -0.4 is 15.4 Å². The van der Waals surface area contributed by atoms with Crippen molar-refractivity contribution in [1.29, 1.82) is 0 Å². The van der Waals surface area contributed by atoms with Gasteiger partial charge in [-0.05, 0) is 43.0 Å². The van der Waals surface area contributed by atoms with Crippen LogP contribution in [0.3, 0.4) is 0 Å². The van der Waals surface area contributed by atoms with Gasteiger partial charge in [0, 0.05) is 25.3 Å². The Labute approximate surface area is 97.2 Å². The molecule has 0 aliphatic heterocycles. The molecule has 1 aliphatic carbocycles. The highest BCUT2D eigenvalue weighted by molar-refractivity contribution is 5.58. The van der Waals surface area contributed by atoms with Gasteiger partial charge in [-0.3, -0.25) is 0 Å². The van der Waals surface area contributed by atoms with Gasteiger partial charge in [-0.2, -0.15) is 0 Å². The van der Waals surface area contributed by atoms with Crippen LogP contribution in [0.2, 0.25) is 0 Å². The first-order valence-electron chi connectivity index (χ1n) is 5.71. The molecular weight excluding hydrogens is 200 g/mol. The first-order chi connectivity index (χ1) is 7.57. The molecule has 2 rings (SSSR count). The monoisotopic (exact) mass is 220 g/mol. The predicted molar refractivity (Wildman–Crippen MR) is 67.0 cm³/mol. The largest absolute Gasteiger partial charge is 0.497 e. The second kappa shape index (κ2) is 3.98. The Balaban J connectivity index is 2.46. The number of ether oxygens (including phenoxy) is 1. The zero-order valence-electron chi connectivity index (χ0n) is 10.3. The molecule has 0 amide bonds. The van der Waals surface area contributed by atoms with Crippen molar-refractivity contribution in [2.24, 2.45) is 5.73 Å². The van der Waals surface area contributed by atoms with E-state index in [2.05, 4.69) is 17.0 Å². The minimum atomic E-state index is -0.145. The van der Waals surface area contributed by atoms with Crippen molar-refractivity contribution in [1.82, 2.24) is 0 Å². The molecule has 1 fully saturated rings. The highest BCUT2D eigenvalue weighted by atomic mass is 16.5. The molecule has 88 valence electrons. The van der Waals surface area contributed by atoms with Crippen molar-refractivity contribution in [3.63, 3.8) is 0 Å². The number of methoxy groups -OCH3 is 1. The summed E-state index contributed by atoms with van der Waals surface area (Å²) >= 11 is 0. The summed E-state index contributed by atoms with van der Waals surface area (Å²) in [5.41, 5.74) is 8.67. The van der Waals surface area contributed by atoms with Gasteiger partial charge in [0.05, 0.1) is 7.11 Å². The minimum absolute atomic E-state index is 0.145. The van der Waals surface area contributed by atoms with Gasteiger partial charge in [-0.25, -0.2) is 0 Å². The summed E-state index contributed by atoms with van der Waals surface area (Å²) in [6, 6.07) is 6.15. The maximum atomic E-state index is 6.40. The molecule has 1 saturated carbocycles. The molecule has 0 unspecified atom stereocenters. The quantitative estimate of drug-likeness (QED) is 0.847. The van der Waals surface area contributed by atoms with Gasteiger partial charge in [0.15, 0.2) is 0 Å². The number of hydrogen-bond acceptors (Lipinski definition) is 3. The van der Waals surface area contributed by atoms with E-state index >= 15 is 0 Å². The third kappa shape index (κ3) is 1.76. The maximum Gasteiger partial charge on any atom is 0.119 e. The zero-order valence-corrected chi connectivity index (χ0v) is 10.3. The number of hydrogen-bond donors (Lipinski definition) is 1. The summed E-state index contributed by atoms with van der Waals surface area (Å²) in [5.74, 6) is 0.886. The van der Waals surface area contributed by atoms with E-state index in [0.717, 1.165) is 18.6 Å². The van der Waals surface area contributed by atoms with Gasteiger partial charge in [-0.1, -0.05) is 0 Å². The Bertz CT molecular complexity index is 384. The van der Waals surface area contributed by atoms with Crippen LogP contribution in [-0.2, 0) is 5.54 Å². The zero-order chi connectivity index (χ0) is 11.8. The third-order valence-electron chi connectivity index (χ3n) is 3.47. The normalized spacial score (nSPS) is 17.8. The molecule has 0 saturated heterocycles. The van der Waals surface area contributed by atoms with Crippen molar-refractivity contribution >= 4 is 5.69 Å². The fourth-order valence-corrected chi connectivity index (χ4v) is 2.26. The van der Waals surface area contributed by atoms with Crippen LogP contribution in [-0.4, -0.2) is 21.2 Å². The lowest BCUT2D eigenvalue weighted by Crippen LogP contribution is -2.44. The average molecular weight is 220 g/mol. The summed E-state index contributed by atoms with van der Waals surface area (Å²) in [4.78, 5) is 2.11. The maximum absolute atomic E-state index is 6.40. The molecule has 1 aromatic rings. The molecular formula is C13H20N2O. The Morgan fingerprint density at radius 3 is 2.44 bits per heavy atom. The molecule has 0 spiro atoms. The summed E-state index contributed by atoms with van der Waals surface area (Å²) in [5, 5.41) is 0. The Kier molecular flexibility index (Phi) is 2.80. The van der Waals surface area contributed by atoms with E-state index in [1.54, 1.807) is 7.11 Å². The number of nitrogens with zero attached hydrogens (tertiary/aromatic N) is 1. The molecule has 16 heavy (non-hydrogen) atoms. The van der Waals surface area contributed by atoms with Crippen LogP contribution >= 0.6 is 0 Å². The number of nitrogens with two attached hydrogens (primary N) is 1. The predicted octanol–water partition coefficient (Wildman–Crippen LogP) is 2.10. The molecule has 0 aromatic heterocycles. The minimum Gasteiger partial charge on any atom is -0.497 e. The Morgan fingerprint density at radius 2 is 2.00 bits per heavy atom. The summed E-state index contributed by atoms with van der Waals surface area (Å²) in [6.07, 6.45) is 3.36. The van der Waals surface area contributed by atoms with Crippen LogP contribution in [0.25, 0.3) is 0 Å². The van der Waals surface area contributed by atoms with Crippen LogP contribution in [0.1, 0.15) is 24.8 Å². The van der Waals surface area contributed by atoms with Gasteiger partial charge >= 0.3 is 0 Å². The van der Waals surface area contributed by atoms with E-state index in [1.807, 2.05) is 20.2 Å². The Morgan fingerprint density at radius 1 is 1.31 bits per heavy atom. The molecule has 0 atom stereocenters. The van der Waals surface area contributed by atoms with E-state index in [9.17, 15) is 0 Å². The van der Waals surface area contributed by atoms with Gasteiger partial charge in [0.2, 0.25) is 0 Å². The fourth-order valence-electron chi connectivity index (χ4n) is 2.26. The van der Waals surface area contributed by atoms with Crippen LogP contribution in [0.5, 0.6) is 5.75 Å². The molecule has 1 aliphatic rings. The SMILES string of the molecule is COc1ccc(N(C)C)c(C2(N)CCC2)c1. The molecule has 3 nitrogen and oxygen atoms in total. The average Bonchev–Trinajstić information content (AvgIpc) is 2.24. The lowest BCUT2D eigenvalue weighted by atomic mass is 9.72. The van der Waals surface area contributed by atoms with E-state index in [0.29, 0.717) is 0 Å². The highest BCUT2D eigenvalue weighted by Crippen LogP contribution is 2.43. The van der Waals surface area contributed by atoms with Crippen molar-refractivity contribution in [3.8, 4) is 5.75 Å². The molecule has 2 N–H and O–H groups in total. The molecule has 0 heterocycles. The van der Waals surface area contributed by atoms with Crippen molar-refractivity contribution in [3.05, 3.63) is 23.8 Å². The van der Waals surface area contributed by atoms with Crippen LogP contribution in [0.15, 0.2) is 18.2 Å². The molecule has 1 aromatic carbocycles. The van der Waals surface area contributed by atoms with Crippen molar-refractivity contribution < 1.29 is 4.74 Å². The molecule has 0 radical (unpaired) electrons. The van der Waals surface area contributed by atoms with E-state index in [4.69, 9.17) is 10.5 Å². The Hall–Kier alpha value is -1.22. The topological polar surface area (TPSA) is 38.5 Å². The second-order valence-electron chi connectivity index (χ2n) is 4.79. The first-order valence-corrected chi connectivity index (χ1v) is 5.71. The standard InChI is InChI=1S/C13H20N2O/c1-15(2)12-6-5-10(16-3)9-11(12)13(14)7-4-8-13/h5-6,9H,4,7-8,14H2,1-3H3. The summed E-state index contributed by atoms with van der Waals surface area (Å²) in [6.45, 7) is 0. The fraction of sp³-hybridized carbons (Fsp3) is 0.538. The lowest BCUT2D eigenvalue weighted by Gasteiger charge is -2.40. The smallest absolute Gasteiger partial charge is 0.119 e. The van der Waals surface area contributed by atoms with E-state index in [-0.39, 0.29) is 5.54 Å². The van der Waals surface area contributed by atoms with Crippen molar-refractivity contribution in [2.45, 2.75) is 24.8 Å². The van der Waals surface area contributed by atoms with Gasteiger partial charge in [0.25, 0.3) is 0 Å². The van der Waals surface area contributed by atoms with Crippen LogP contribution in [0, 0.1) is 0 Å². The van der Waals surface area contributed by atoms with Crippen LogP contribution in [0.4, 0.5) is 5.69 Å². The van der Waals surface area contributed by atoms with E-state index < -0.39 is 0 Å².